The van der Waals surface area contributed by atoms with Crippen molar-refractivity contribution < 1.29 is 23.1 Å². The van der Waals surface area contributed by atoms with Gasteiger partial charge >= 0.3 is 5.97 Å². The van der Waals surface area contributed by atoms with Crippen molar-refractivity contribution in [1.82, 2.24) is 4.72 Å². The Bertz CT molecular complexity index is 1320. The van der Waals surface area contributed by atoms with E-state index in [0.29, 0.717) is 16.3 Å². The minimum Gasteiger partial charge on any atom is -0.480 e. The fourth-order valence-electron chi connectivity index (χ4n) is 3.86. The highest BCUT2D eigenvalue weighted by Crippen LogP contribution is 2.52. The first-order valence-electron chi connectivity index (χ1n) is 10.1. The molecule has 0 heterocycles. The molecule has 1 aliphatic carbocycles. The van der Waals surface area contributed by atoms with E-state index < -0.39 is 27.4 Å². The number of rotatable bonds is 7. The smallest absolute Gasteiger partial charge is 0.325 e. The van der Waals surface area contributed by atoms with Gasteiger partial charge in [0.15, 0.2) is 0 Å². The maximum Gasteiger partial charge on any atom is 0.325 e. The summed E-state index contributed by atoms with van der Waals surface area (Å²) in [5.74, 6) is -2.07. The lowest BCUT2D eigenvalue weighted by atomic mass is 10.1. The van der Waals surface area contributed by atoms with Crippen molar-refractivity contribution in [2.75, 3.05) is 5.32 Å². The van der Waals surface area contributed by atoms with Gasteiger partial charge in [0.2, 0.25) is 15.9 Å². The summed E-state index contributed by atoms with van der Waals surface area (Å²) in [6, 6.07) is 20.1. The van der Waals surface area contributed by atoms with Crippen molar-refractivity contribution in [3.63, 3.8) is 0 Å². The summed E-state index contributed by atoms with van der Waals surface area (Å²) in [7, 11) is -4.10. The van der Waals surface area contributed by atoms with Crippen LogP contribution in [0.5, 0.6) is 0 Å². The van der Waals surface area contributed by atoms with Gasteiger partial charge in [0.1, 0.15) is 5.54 Å². The normalized spacial score (nSPS) is 19.6. The lowest BCUT2D eigenvalue weighted by Crippen LogP contribution is -2.44. The minimum atomic E-state index is -4.10. The zero-order chi connectivity index (χ0) is 23.8. The number of nitrogens with one attached hydrogen (secondary N) is 2. The largest absolute Gasteiger partial charge is 0.480 e. The van der Waals surface area contributed by atoms with Crippen LogP contribution in [0.3, 0.4) is 0 Å². The molecule has 9 heteroatoms. The molecule has 7 nitrogen and oxygen atoms in total. The van der Waals surface area contributed by atoms with Crippen molar-refractivity contribution in [1.29, 1.82) is 0 Å². The number of anilines is 1. The van der Waals surface area contributed by atoms with Gasteiger partial charge < -0.3 is 10.4 Å². The van der Waals surface area contributed by atoms with Crippen LogP contribution in [-0.4, -0.2) is 30.9 Å². The molecule has 3 N–H and O–H groups in total. The Morgan fingerprint density at radius 1 is 1.00 bits per heavy atom. The number of benzene rings is 3. The molecule has 0 saturated heterocycles. The molecular weight excluding hydrogens is 464 g/mol. The molecule has 1 saturated carbocycles. The second-order valence-corrected chi connectivity index (χ2v) is 10.1. The van der Waals surface area contributed by atoms with Crippen LogP contribution in [0.2, 0.25) is 5.02 Å². The van der Waals surface area contributed by atoms with Gasteiger partial charge in [-0.1, -0.05) is 48.0 Å². The Balaban J connectivity index is 1.57. The quantitative estimate of drug-likeness (QED) is 0.464. The third kappa shape index (κ3) is 4.78. The first-order valence-corrected chi connectivity index (χ1v) is 12.0. The van der Waals surface area contributed by atoms with Gasteiger partial charge in [-0.05, 0) is 59.5 Å². The highest BCUT2D eigenvalue weighted by atomic mass is 35.5. The highest BCUT2D eigenvalue weighted by molar-refractivity contribution is 7.89. The van der Waals surface area contributed by atoms with E-state index >= 15 is 0 Å². The lowest BCUT2D eigenvalue weighted by Gasteiger charge is -2.16. The number of carbonyl (C=O) groups excluding carboxylic acids is 1. The van der Waals surface area contributed by atoms with Gasteiger partial charge in [0.25, 0.3) is 0 Å². The summed E-state index contributed by atoms with van der Waals surface area (Å²) in [6.45, 7) is 1.37. The Labute approximate surface area is 196 Å². The van der Waals surface area contributed by atoms with E-state index in [0.717, 1.165) is 11.1 Å². The van der Waals surface area contributed by atoms with Crippen LogP contribution in [-0.2, 0) is 19.6 Å². The Hall–Kier alpha value is -3.20. The summed E-state index contributed by atoms with van der Waals surface area (Å²) in [6.07, 6.45) is 0.105. The maximum atomic E-state index is 13.0. The molecule has 33 heavy (non-hydrogen) atoms. The van der Waals surface area contributed by atoms with Gasteiger partial charge in [-0.25, -0.2) is 8.42 Å². The summed E-state index contributed by atoms with van der Waals surface area (Å²) < 4.78 is 28.5. The van der Waals surface area contributed by atoms with Crippen LogP contribution in [0.4, 0.5) is 5.69 Å². The fourth-order valence-corrected chi connectivity index (χ4v) is 5.39. The first kappa shape index (κ1) is 23.0. The molecule has 0 spiro atoms. The van der Waals surface area contributed by atoms with Crippen molar-refractivity contribution in [2.24, 2.45) is 0 Å². The van der Waals surface area contributed by atoms with Crippen LogP contribution >= 0.6 is 11.6 Å². The average molecular weight is 485 g/mol. The summed E-state index contributed by atoms with van der Waals surface area (Å²) in [5, 5.41) is 13.1. The number of aliphatic carboxylic acids is 1. The molecule has 1 aliphatic rings. The topological polar surface area (TPSA) is 113 Å². The lowest BCUT2D eigenvalue weighted by molar-refractivity contribution is -0.140. The van der Waals surface area contributed by atoms with Crippen molar-refractivity contribution in [2.45, 2.75) is 29.7 Å². The highest BCUT2D eigenvalue weighted by Gasteiger charge is 2.63. The standard InChI is InChI=1S/C24H21ClN2O5S/c1-15(28)26-20-4-2-3-18(13-20)22-14-24(22,23(29)30)27-33(31,32)21-11-7-17(8-12-21)16-5-9-19(25)10-6-16/h2-13,22,27H,14H2,1H3,(H,26,28)(H,29,30). The number of hydrogen-bond donors (Lipinski definition) is 3. The van der Waals surface area contributed by atoms with Crippen molar-refractivity contribution in [3.05, 3.63) is 83.4 Å². The van der Waals surface area contributed by atoms with Gasteiger partial charge in [-0.3, -0.25) is 9.59 Å². The van der Waals surface area contributed by atoms with E-state index in [1.54, 1.807) is 48.5 Å². The Morgan fingerprint density at radius 3 is 2.18 bits per heavy atom. The summed E-state index contributed by atoms with van der Waals surface area (Å²) >= 11 is 5.91. The number of hydrogen-bond acceptors (Lipinski definition) is 4. The van der Waals surface area contributed by atoms with Crippen molar-refractivity contribution >= 4 is 39.2 Å². The Morgan fingerprint density at radius 2 is 1.61 bits per heavy atom. The summed E-state index contributed by atoms with van der Waals surface area (Å²) in [5.41, 5.74) is 1.18. The van der Waals surface area contributed by atoms with E-state index in [1.165, 1.54) is 19.1 Å². The number of carboxylic acid groups (broad SMARTS) is 1. The molecule has 1 amide bonds. The fraction of sp³-hybridized carbons (Fsp3) is 0.167. The molecule has 1 fully saturated rings. The Kier molecular flexibility index (Phi) is 6.00. The van der Waals surface area contributed by atoms with Crippen LogP contribution in [0.1, 0.15) is 24.8 Å². The number of carboxylic acids is 1. The second-order valence-electron chi connectivity index (χ2n) is 7.98. The van der Waals surface area contributed by atoms with Crippen LogP contribution in [0.15, 0.2) is 77.7 Å². The second kappa shape index (κ2) is 8.62. The molecule has 170 valence electrons. The van der Waals surface area contributed by atoms with E-state index in [9.17, 15) is 23.1 Å². The number of amides is 1. The summed E-state index contributed by atoms with van der Waals surface area (Å²) in [4.78, 5) is 23.4. The molecule has 0 bridgehead atoms. The van der Waals surface area contributed by atoms with E-state index in [2.05, 4.69) is 10.0 Å². The predicted octanol–water partition coefficient (Wildman–Crippen LogP) is 4.25. The molecule has 0 aromatic heterocycles. The van der Waals surface area contributed by atoms with Gasteiger partial charge in [0.05, 0.1) is 4.90 Å². The van der Waals surface area contributed by atoms with Gasteiger partial charge in [-0.15, -0.1) is 0 Å². The van der Waals surface area contributed by atoms with E-state index in [4.69, 9.17) is 11.6 Å². The molecule has 2 unspecified atom stereocenters. The van der Waals surface area contributed by atoms with Crippen LogP contribution in [0.25, 0.3) is 11.1 Å². The maximum absolute atomic E-state index is 13.0. The minimum absolute atomic E-state index is 0.0292. The number of carbonyl (C=O) groups is 2. The molecule has 0 aliphatic heterocycles. The molecule has 3 aromatic rings. The first-order chi connectivity index (χ1) is 15.6. The van der Waals surface area contributed by atoms with E-state index in [1.807, 2.05) is 12.1 Å². The molecule has 0 radical (unpaired) electrons. The van der Waals surface area contributed by atoms with Crippen LogP contribution in [0, 0.1) is 0 Å². The molecule has 3 aromatic carbocycles. The van der Waals surface area contributed by atoms with E-state index in [-0.39, 0.29) is 17.2 Å². The predicted molar refractivity (Wildman–Crippen MR) is 126 cm³/mol. The molecular formula is C24H21ClN2O5S. The van der Waals surface area contributed by atoms with Gasteiger partial charge in [0, 0.05) is 23.6 Å². The molecule has 4 rings (SSSR count). The third-order valence-electron chi connectivity index (χ3n) is 5.61. The van der Waals surface area contributed by atoms with Gasteiger partial charge in [-0.2, -0.15) is 4.72 Å². The van der Waals surface area contributed by atoms with Crippen LogP contribution < -0.4 is 10.0 Å². The SMILES string of the molecule is CC(=O)Nc1cccc(C2CC2(NS(=O)(=O)c2ccc(-c3ccc(Cl)cc3)cc2)C(=O)O)c1. The number of halogens is 1. The monoisotopic (exact) mass is 484 g/mol. The zero-order valence-corrected chi connectivity index (χ0v) is 19.2. The van der Waals surface area contributed by atoms with Crippen molar-refractivity contribution in [3.8, 4) is 11.1 Å². The molecule has 2 atom stereocenters. The zero-order valence-electron chi connectivity index (χ0n) is 17.6. The number of sulfonamides is 1. The average Bonchev–Trinajstić information content (AvgIpc) is 3.49. The third-order valence-corrected chi connectivity index (χ3v) is 7.39.